The highest BCUT2D eigenvalue weighted by atomic mass is 32.2. The Morgan fingerprint density at radius 2 is 2.33 bits per heavy atom. The second kappa shape index (κ2) is 3.06. The molecule has 1 aliphatic rings. The molecule has 0 aliphatic heterocycles. The molecule has 0 amide bonds. The average molecular weight is 181 g/mol. The zero-order chi connectivity index (χ0) is 8.39. The van der Waals surface area contributed by atoms with Crippen molar-refractivity contribution in [3.8, 4) is 0 Å². The van der Waals surface area contributed by atoms with Gasteiger partial charge in [-0.2, -0.15) is 0 Å². The highest BCUT2D eigenvalue weighted by Gasteiger charge is 2.12. The first kappa shape index (κ1) is 7.49. The van der Waals surface area contributed by atoms with E-state index in [1.54, 1.807) is 12.3 Å². The van der Waals surface area contributed by atoms with Crippen molar-refractivity contribution in [2.75, 3.05) is 0 Å². The lowest BCUT2D eigenvalue weighted by atomic mass is 10.5. The fraction of sp³-hybridized carbons (Fsp3) is 0.125. The van der Waals surface area contributed by atoms with Gasteiger partial charge in [0, 0.05) is 29.0 Å². The van der Waals surface area contributed by atoms with Gasteiger partial charge >= 0.3 is 5.03 Å². The number of nitrogens with zero attached hydrogens (tertiary/aromatic N) is 1. The van der Waals surface area contributed by atoms with E-state index >= 15 is 0 Å². The van der Waals surface area contributed by atoms with Crippen molar-refractivity contribution in [1.29, 1.82) is 0 Å². The molecule has 0 atom stereocenters. The molecule has 3 nitrogen and oxygen atoms in total. The van der Waals surface area contributed by atoms with Crippen LogP contribution in [0.1, 0.15) is 6.42 Å². The van der Waals surface area contributed by atoms with Crippen LogP contribution >= 0.6 is 11.9 Å². The summed E-state index contributed by atoms with van der Waals surface area (Å²) in [6.07, 6.45) is 4.74. The van der Waals surface area contributed by atoms with Gasteiger partial charge in [0.1, 0.15) is 0 Å². The van der Waals surface area contributed by atoms with E-state index in [2.05, 4.69) is 10.8 Å². The molecule has 2 rings (SSSR count). The van der Waals surface area contributed by atoms with E-state index in [0.717, 1.165) is 16.2 Å². The zero-order valence-corrected chi connectivity index (χ0v) is 7.21. The number of hydrogen-bond donors (Lipinski definition) is 2. The van der Waals surface area contributed by atoms with Crippen LogP contribution in [0.2, 0.25) is 0 Å². The summed E-state index contributed by atoms with van der Waals surface area (Å²) >= 11 is 1.41. The Labute approximate surface area is 74.8 Å². The first-order valence-electron chi connectivity index (χ1n) is 3.68. The molecule has 1 aliphatic carbocycles. The monoisotopic (exact) mass is 181 g/mol. The summed E-state index contributed by atoms with van der Waals surface area (Å²) in [7, 11) is 0. The molecule has 0 spiro atoms. The molecular formula is C8H9N2OS+. The lowest BCUT2D eigenvalue weighted by Crippen LogP contribution is -2.32. The fourth-order valence-corrected chi connectivity index (χ4v) is 1.46. The molecule has 12 heavy (non-hydrogen) atoms. The molecule has 4 heteroatoms. The third-order valence-corrected chi connectivity index (χ3v) is 2.39. The van der Waals surface area contributed by atoms with Gasteiger partial charge in [-0.1, -0.05) is 6.08 Å². The maximum Gasteiger partial charge on any atom is 0.311 e. The number of aromatic nitrogens is 1. The number of allylic oxidation sites excluding steroid dienone is 2. The minimum Gasteiger partial charge on any atom is -0.325 e. The Kier molecular flexibility index (Phi) is 1.91. The van der Waals surface area contributed by atoms with Gasteiger partial charge in [0.2, 0.25) is 6.20 Å². The van der Waals surface area contributed by atoms with Crippen molar-refractivity contribution in [2.45, 2.75) is 11.4 Å². The minimum absolute atomic E-state index is 0.783. The van der Waals surface area contributed by atoms with E-state index < -0.39 is 0 Å². The molecule has 1 heterocycles. The SMILES string of the molecule is O[n+]1ccccc1SNC1=CC1. The molecule has 2 N–H and O–H groups in total. The normalized spacial score (nSPS) is 13.8. The van der Waals surface area contributed by atoms with Crippen LogP contribution in [-0.2, 0) is 0 Å². The van der Waals surface area contributed by atoms with E-state index in [4.69, 9.17) is 0 Å². The van der Waals surface area contributed by atoms with E-state index in [-0.39, 0.29) is 0 Å². The van der Waals surface area contributed by atoms with Crippen molar-refractivity contribution >= 4 is 11.9 Å². The Morgan fingerprint density at radius 1 is 1.50 bits per heavy atom. The van der Waals surface area contributed by atoms with Gasteiger partial charge in [-0.25, -0.2) is 0 Å². The third-order valence-electron chi connectivity index (χ3n) is 1.50. The Bertz CT molecular complexity index is 325. The van der Waals surface area contributed by atoms with Crippen LogP contribution in [0.15, 0.2) is 41.2 Å². The van der Waals surface area contributed by atoms with Crippen LogP contribution in [0, 0.1) is 0 Å². The lowest BCUT2D eigenvalue weighted by molar-refractivity contribution is -0.932. The summed E-state index contributed by atoms with van der Waals surface area (Å²) in [5.41, 5.74) is 1.23. The second-order valence-corrected chi connectivity index (χ2v) is 3.35. The molecule has 0 radical (unpaired) electrons. The predicted molar refractivity (Wildman–Crippen MR) is 45.5 cm³/mol. The predicted octanol–water partition coefficient (Wildman–Crippen LogP) is 1.10. The van der Waals surface area contributed by atoms with Crippen LogP contribution in [0.5, 0.6) is 0 Å². The van der Waals surface area contributed by atoms with Gasteiger partial charge < -0.3 is 4.72 Å². The molecule has 1 aromatic heterocycles. The van der Waals surface area contributed by atoms with E-state index in [1.807, 2.05) is 12.1 Å². The van der Waals surface area contributed by atoms with Gasteiger partial charge in [0.25, 0.3) is 0 Å². The minimum atomic E-state index is 0.783. The molecule has 0 fully saturated rings. The topological polar surface area (TPSA) is 36.1 Å². The third kappa shape index (κ3) is 1.71. The first-order chi connectivity index (χ1) is 5.86. The van der Waals surface area contributed by atoms with Gasteiger partial charge in [-0.05, 0) is 6.07 Å². The summed E-state index contributed by atoms with van der Waals surface area (Å²) in [6, 6.07) is 5.51. The second-order valence-electron chi connectivity index (χ2n) is 2.52. The maximum atomic E-state index is 9.28. The van der Waals surface area contributed by atoms with Crippen molar-refractivity contribution in [2.24, 2.45) is 0 Å². The summed E-state index contributed by atoms with van der Waals surface area (Å²) < 4.78 is 4.21. The summed E-state index contributed by atoms with van der Waals surface area (Å²) in [4.78, 5) is 0. The zero-order valence-electron chi connectivity index (χ0n) is 6.40. The summed E-state index contributed by atoms with van der Waals surface area (Å²) in [6.45, 7) is 0. The molecule has 0 unspecified atom stereocenters. The van der Waals surface area contributed by atoms with E-state index in [1.165, 1.54) is 17.6 Å². The lowest BCUT2D eigenvalue weighted by Gasteiger charge is -1.95. The fourth-order valence-electron chi connectivity index (χ4n) is 0.752. The number of rotatable bonds is 3. The number of nitrogens with one attached hydrogen (secondary N) is 1. The van der Waals surface area contributed by atoms with E-state index in [9.17, 15) is 5.21 Å². The quantitative estimate of drug-likeness (QED) is 0.416. The van der Waals surface area contributed by atoms with Gasteiger partial charge in [-0.3, -0.25) is 5.21 Å². The first-order valence-corrected chi connectivity index (χ1v) is 4.50. The molecule has 1 aromatic rings. The van der Waals surface area contributed by atoms with E-state index in [0.29, 0.717) is 0 Å². The van der Waals surface area contributed by atoms with Crippen molar-refractivity contribution in [1.82, 2.24) is 4.72 Å². The molecule has 0 aromatic carbocycles. The van der Waals surface area contributed by atoms with Crippen LogP contribution in [0.3, 0.4) is 0 Å². The number of pyridine rings is 1. The summed E-state index contributed by atoms with van der Waals surface area (Å²) in [5, 5.41) is 10.1. The molecule has 0 bridgehead atoms. The largest absolute Gasteiger partial charge is 0.325 e. The van der Waals surface area contributed by atoms with Crippen LogP contribution in [0.25, 0.3) is 0 Å². The maximum absolute atomic E-state index is 9.28. The molecule has 62 valence electrons. The van der Waals surface area contributed by atoms with Gasteiger partial charge in [0.05, 0.1) is 11.9 Å². The van der Waals surface area contributed by atoms with Crippen LogP contribution < -0.4 is 9.45 Å². The smallest absolute Gasteiger partial charge is 0.311 e. The van der Waals surface area contributed by atoms with Gasteiger partial charge in [-0.15, -0.1) is 0 Å². The standard InChI is InChI=1S/C8H9N2OS/c11-10-6-2-1-3-8(10)12-9-7-4-5-7/h1-4,6,9,11H,5H2/q+1. The van der Waals surface area contributed by atoms with Crippen LogP contribution in [0.4, 0.5) is 0 Å². The molecular weight excluding hydrogens is 172 g/mol. The summed E-state index contributed by atoms with van der Waals surface area (Å²) in [5.74, 6) is 0. The highest BCUT2D eigenvalue weighted by molar-refractivity contribution is 7.97. The average Bonchev–Trinajstić information content (AvgIpc) is 2.86. The van der Waals surface area contributed by atoms with Crippen LogP contribution in [-0.4, -0.2) is 5.21 Å². The Hall–Kier alpha value is -1.16. The highest BCUT2D eigenvalue weighted by Crippen LogP contribution is 2.20. The Morgan fingerprint density at radius 3 is 3.00 bits per heavy atom. The van der Waals surface area contributed by atoms with Crippen molar-refractivity contribution in [3.05, 3.63) is 36.2 Å². The van der Waals surface area contributed by atoms with Crippen molar-refractivity contribution in [3.63, 3.8) is 0 Å². The van der Waals surface area contributed by atoms with Crippen molar-refractivity contribution < 1.29 is 9.94 Å². The molecule has 0 saturated carbocycles. The molecule has 0 saturated heterocycles. The number of hydrogen-bond acceptors (Lipinski definition) is 3. The van der Waals surface area contributed by atoms with Gasteiger partial charge in [0.15, 0.2) is 0 Å². The Balaban J connectivity index is 2.01.